The van der Waals surface area contributed by atoms with Crippen molar-refractivity contribution in [2.24, 2.45) is 0 Å². The molecular formula is C14H17N3O3. The van der Waals surface area contributed by atoms with Crippen LogP contribution >= 0.6 is 0 Å². The molecule has 1 amide bonds. The Kier molecular flexibility index (Phi) is 3.65. The van der Waals surface area contributed by atoms with Crippen molar-refractivity contribution in [3.8, 4) is 5.75 Å². The lowest BCUT2D eigenvalue weighted by Crippen LogP contribution is -2.26. The Balaban J connectivity index is 2.23. The van der Waals surface area contributed by atoms with Gasteiger partial charge in [-0.3, -0.25) is 4.79 Å². The van der Waals surface area contributed by atoms with E-state index in [1.165, 1.54) is 11.0 Å². The van der Waals surface area contributed by atoms with Gasteiger partial charge < -0.3 is 20.3 Å². The van der Waals surface area contributed by atoms with Gasteiger partial charge in [0.25, 0.3) is 5.91 Å². The summed E-state index contributed by atoms with van der Waals surface area (Å²) in [5.74, 6) is 0.178. The maximum Gasteiger partial charge on any atom is 0.257 e. The highest BCUT2D eigenvalue weighted by Crippen LogP contribution is 2.26. The van der Waals surface area contributed by atoms with Crippen LogP contribution in [0.15, 0.2) is 22.7 Å². The predicted octanol–water partition coefficient (Wildman–Crippen LogP) is 1.85. The summed E-state index contributed by atoms with van der Waals surface area (Å²) in [6.07, 6.45) is 0. The fourth-order valence-corrected chi connectivity index (χ4v) is 1.98. The van der Waals surface area contributed by atoms with Gasteiger partial charge in [-0.15, -0.1) is 0 Å². The molecule has 2 aromatic rings. The Bertz CT molecular complexity index is 630. The van der Waals surface area contributed by atoms with Gasteiger partial charge in [-0.25, -0.2) is 0 Å². The van der Waals surface area contributed by atoms with Crippen molar-refractivity contribution in [3.05, 3.63) is 40.8 Å². The van der Waals surface area contributed by atoms with Gasteiger partial charge in [-0.1, -0.05) is 11.2 Å². The van der Waals surface area contributed by atoms with Crippen LogP contribution in [-0.4, -0.2) is 28.1 Å². The SMILES string of the molecule is Cc1noc(C)c1CN(C)C(=O)c1cccc(N)c1O. The van der Waals surface area contributed by atoms with Gasteiger partial charge in [-0.2, -0.15) is 0 Å². The topological polar surface area (TPSA) is 92.6 Å². The first-order valence-electron chi connectivity index (χ1n) is 6.16. The molecule has 0 aliphatic rings. The zero-order valence-corrected chi connectivity index (χ0v) is 11.7. The third-order valence-electron chi connectivity index (χ3n) is 3.22. The number of benzene rings is 1. The number of hydrogen-bond acceptors (Lipinski definition) is 5. The van der Waals surface area contributed by atoms with Gasteiger partial charge in [0.1, 0.15) is 5.76 Å². The quantitative estimate of drug-likeness (QED) is 0.658. The summed E-state index contributed by atoms with van der Waals surface area (Å²) in [6.45, 7) is 3.97. The molecule has 1 aromatic carbocycles. The van der Waals surface area contributed by atoms with Gasteiger partial charge in [0.2, 0.25) is 0 Å². The van der Waals surface area contributed by atoms with Crippen LogP contribution in [0.1, 0.15) is 27.4 Å². The number of hydrogen-bond donors (Lipinski definition) is 2. The zero-order valence-electron chi connectivity index (χ0n) is 11.7. The lowest BCUT2D eigenvalue weighted by molar-refractivity contribution is 0.0781. The van der Waals surface area contributed by atoms with Crippen LogP contribution in [0.3, 0.4) is 0 Å². The van der Waals surface area contributed by atoms with Crippen LogP contribution < -0.4 is 5.73 Å². The van der Waals surface area contributed by atoms with Crippen LogP contribution in [0.2, 0.25) is 0 Å². The largest absolute Gasteiger partial charge is 0.505 e. The molecule has 20 heavy (non-hydrogen) atoms. The summed E-state index contributed by atoms with van der Waals surface area (Å²) < 4.78 is 5.07. The van der Waals surface area contributed by atoms with Gasteiger partial charge in [0, 0.05) is 12.6 Å². The van der Waals surface area contributed by atoms with Crippen LogP contribution in [0.5, 0.6) is 5.75 Å². The molecule has 0 aliphatic heterocycles. The summed E-state index contributed by atoms with van der Waals surface area (Å²) in [7, 11) is 1.65. The minimum absolute atomic E-state index is 0.180. The molecule has 0 bridgehead atoms. The monoisotopic (exact) mass is 275 g/mol. The maximum absolute atomic E-state index is 12.3. The minimum Gasteiger partial charge on any atom is -0.505 e. The Morgan fingerprint density at radius 3 is 2.75 bits per heavy atom. The summed E-state index contributed by atoms with van der Waals surface area (Å²) in [5, 5.41) is 13.7. The first-order valence-corrected chi connectivity index (χ1v) is 6.16. The van der Waals surface area contributed by atoms with E-state index in [0.29, 0.717) is 12.3 Å². The average Bonchev–Trinajstić information content (AvgIpc) is 2.73. The summed E-state index contributed by atoms with van der Waals surface area (Å²) in [5.41, 5.74) is 7.57. The van der Waals surface area contributed by atoms with E-state index in [4.69, 9.17) is 10.3 Å². The molecule has 0 saturated carbocycles. The number of nitrogen functional groups attached to an aromatic ring is 1. The second kappa shape index (κ2) is 5.24. The first kappa shape index (κ1) is 13.9. The molecule has 0 atom stereocenters. The number of aryl methyl sites for hydroxylation is 2. The lowest BCUT2D eigenvalue weighted by Gasteiger charge is -2.18. The molecule has 2 rings (SSSR count). The number of amides is 1. The number of carbonyl (C=O) groups excluding carboxylic acids is 1. The predicted molar refractivity (Wildman–Crippen MR) is 74.3 cm³/mol. The van der Waals surface area contributed by atoms with Crippen molar-refractivity contribution >= 4 is 11.6 Å². The molecule has 3 N–H and O–H groups in total. The lowest BCUT2D eigenvalue weighted by atomic mass is 10.1. The fraction of sp³-hybridized carbons (Fsp3) is 0.286. The van der Waals surface area contributed by atoms with Crippen molar-refractivity contribution < 1.29 is 14.4 Å². The first-order chi connectivity index (χ1) is 9.41. The number of phenols is 1. The van der Waals surface area contributed by atoms with Gasteiger partial charge in [0.15, 0.2) is 5.75 Å². The van der Waals surface area contributed by atoms with E-state index in [0.717, 1.165) is 11.3 Å². The molecule has 0 saturated heterocycles. The van der Waals surface area contributed by atoms with Gasteiger partial charge >= 0.3 is 0 Å². The summed E-state index contributed by atoms with van der Waals surface area (Å²) in [6, 6.07) is 4.71. The maximum atomic E-state index is 12.3. The molecule has 0 spiro atoms. The number of aromatic hydroxyl groups is 1. The van der Waals surface area contributed by atoms with Crippen molar-refractivity contribution in [2.75, 3.05) is 12.8 Å². The van der Waals surface area contributed by atoms with E-state index >= 15 is 0 Å². The second-order valence-electron chi connectivity index (χ2n) is 4.71. The molecule has 0 aliphatic carbocycles. The Hall–Kier alpha value is -2.50. The standard InChI is InChI=1S/C14H17N3O3/c1-8-11(9(2)20-16-8)7-17(3)14(19)10-5-4-6-12(15)13(10)18/h4-6,18H,7,15H2,1-3H3. The number of carbonyl (C=O) groups is 1. The number of nitrogens with two attached hydrogens (primary N) is 1. The van der Waals surface area contributed by atoms with E-state index in [-0.39, 0.29) is 22.9 Å². The highest BCUT2D eigenvalue weighted by atomic mass is 16.5. The molecule has 1 heterocycles. The Morgan fingerprint density at radius 1 is 1.45 bits per heavy atom. The van der Waals surface area contributed by atoms with Crippen molar-refractivity contribution in [3.63, 3.8) is 0 Å². The Morgan fingerprint density at radius 2 is 2.15 bits per heavy atom. The summed E-state index contributed by atoms with van der Waals surface area (Å²) in [4.78, 5) is 13.8. The van der Waals surface area contributed by atoms with Crippen LogP contribution in [-0.2, 0) is 6.54 Å². The number of phenolic OH excluding ortho intramolecular Hbond substituents is 1. The van der Waals surface area contributed by atoms with E-state index < -0.39 is 0 Å². The number of aromatic nitrogens is 1. The third kappa shape index (κ3) is 2.45. The highest BCUT2D eigenvalue weighted by molar-refractivity contribution is 5.98. The normalized spacial score (nSPS) is 10.6. The van der Waals surface area contributed by atoms with E-state index in [1.807, 2.05) is 6.92 Å². The molecule has 0 unspecified atom stereocenters. The number of para-hydroxylation sites is 1. The van der Waals surface area contributed by atoms with E-state index in [9.17, 15) is 9.90 Å². The second-order valence-corrected chi connectivity index (χ2v) is 4.71. The number of anilines is 1. The van der Waals surface area contributed by atoms with Crippen LogP contribution in [0.4, 0.5) is 5.69 Å². The summed E-state index contributed by atoms with van der Waals surface area (Å²) >= 11 is 0. The van der Waals surface area contributed by atoms with Gasteiger partial charge in [-0.05, 0) is 26.0 Å². The van der Waals surface area contributed by atoms with E-state index in [2.05, 4.69) is 5.16 Å². The minimum atomic E-state index is -0.310. The number of rotatable bonds is 3. The Labute approximate surface area is 116 Å². The van der Waals surface area contributed by atoms with Crippen LogP contribution in [0.25, 0.3) is 0 Å². The van der Waals surface area contributed by atoms with Crippen LogP contribution in [0, 0.1) is 13.8 Å². The average molecular weight is 275 g/mol. The highest BCUT2D eigenvalue weighted by Gasteiger charge is 2.19. The molecule has 0 radical (unpaired) electrons. The third-order valence-corrected chi connectivity index (χ3v) is 3.22. The molecule has 6 nitrogen and oxygen atoms in total. The molecule has 106 valence electrons. The van der Waals surface area contributed by atoms with E-state index in [1.54, 1.807) is 26.1 Å². The van der Waals surface area contributed by atoms with Crippen molar-refractivity contribution in [1.29, 1.82) is 0 Å². The zero-order chi connectivity index (χ0) is 14.9. The molecule has 0 fully saturated rings. The van der Waals surface area contributed by atoms with Crippen molar-refractivity contribution in [1.82, 2.24) is 10.1 Å². The fourth-order valence-electron chi connectivity index (χ4n) is 1.98. The van der Waals surface area contributed by atoms with Crippen molar-refractivity contribution in [2.45, 2.75) is 20.4 Å². The molecule has 6 heteroatoms. The smallest absolute Gasteiger partial charge is 0.257 e. The molecule has 1 aromatic heterocycles. The van der Waals surface area contributed by atoms with Gasteiger partial charge in [0.05, 0.1) is 23.5 Å². The molecular weight excluding hydrogens is 258 g/mol. The number of nitrogens with zero attached hydrogens (tertiary/aromatic N) is 2.